The summed E-state index contributed by atoms with van der Waals surface area (Å²) in [5, 5.41) is 0. The zero-order chi connectivity index (χ0) is 15.0. The number of hydrogen-bond acceptors (Lipinski definition) is 4. The van der Waals surface area contributed by atoms with Crippen molar-refractivity contribution in [2.24, 2.45) is 7.05 Å². The number of aromatic nitrogens is 2. The van der Waals surface area contributed by atoms with E-state index < -0.39 is 0 Å². The Bertz CT molecular complexity index is 662. The average Bonchev–Trinajstić information content (AvgIpc) is 3.04. The van der Waals surface area contributed by atoms with Crippen LogP contribution in [0.1, 0.15) is 32.2 Å². The van der Waals surface area contributed by atoms with Gasteiger partial charge in [-0.1, -0.05) is 0 Å². The number of nitrogens with zero attached hydrogens (tertiary/aromatic N) is 3. The summed E-state index contributed by atoms with van der Waals surface area (Å²) >= 11 is 1.54. The van der Waals surface area contributed by atoms with E-state index in [-0.39, 0.29) is 12.0 Å². The van der Waals surface area contributed by atoms with Gasteiger partial charge in [-0.2, -0.15) is 0 Å². The molecule has 1 fully saturated rings. The summed E-state index contributed by atoms with van der Waals surface area (Å²) in [6, 6.07) is 3.88. The van der Waals surface area contributed by atoms with Gasteiger partial charge in [-0.25, -0.2) is 4.98 Å². The van der Waals surface area contributed by atoms with Crippen LogP contribution < -0.4 is 0 Å². The third-order valence-corrected chi connectivity index (χ3v) is 4.61. The van der Waals surface area contributed by atoms with E-state index in [4.69, 9.17) is 4.74 Å². The standard InChI is InChI=1S/C15H19N3O2S/c1-10-8-17(3)14(16-10)12-9-18(6-7-20-12)15(19)13-5-4-11(2)21-13/h4-5,8,12H,6-7,9H2,1-3H3. The Labute approximate surface area is 128 Å². The van der Waals surface area contributed by atoms with E-state index in [1.54, 1.807) is 11.3 Å². The first kappa shape index (κ1) is 14.3. The van der Waals surface area contributed by atoms with Crippen molar-refractivity contribution in [2.45, 2.75) is 20.0 Å². The van der Waals surface area contributed by atoms with Crippen molar-refractivity contribution in [1.82, 2.24) is 14.5 Å². The Morgan fingerprint density at radius 2 is 2.24 bits per heavy atom. The summed E-state index contributed by atoms with van der Waals surface area (Å²) in [6.07, 6.45) is 1.82. The third kappa shape index (κ3) is 2.87. The van der Waals surface area contributed by atoms with Crippen LogP contribution in [0.25, 0.3) is 0 Å². The van der Waals surface area contributed by atoms with Crippen LogP contribution in [0, 0.1) is 13.8 Å². The second kappa shape index (κ2) is 5.61. The number of rotatable bonds is 2. The predicted octanol–water partition coefficient (Wildman–Crippen LogP) is 2.31. The molecular formula is C15H19N3O2S. The van der Waals surface area contributed by atoms with Gasteiger partial charge in [-0.15, -0.1) is 11.3 Å². The van der Waals surface area contributed by atoms with Gasteiger partial charge in [0.05, 0.1) is 23.7 Å². The first-order chi connectivity index (χ1) is 10.0. The van der Waals surface area contributed by atoms with Crippen molar-refractivity contribution in [3.8, 4) is 0 Å². The first-order valence-corrected chi connectivity index (χ1v) is 7.83. The van der Waals surface area contributed by atoms with E-state index in [1.165, 1.54) is 0 Å². The number of imidazole rings is 1. The van der Waals surface area contributed by atoms with Gasteiger partial charge in [-0.3, -0.25) is 4.79 Å². The number of morpholine rings is 1. The van der Waals surface area contributed by atoms with Gasteiger partial charge >= 0.3 is 0 Å². The SMILES string of the molecule is Cc1cn(C)c(C2CN(C(=O)c3ccc(C)s3)CCO2)n1. The lowest BCUT2D eigenvalue weighted by Crippen LogP contribution is -2.42. The first-order valence-electron chi connectivity index (χ1n) is 7.02. The minimum absolute atomic E-state index is 0.0901. The maximum atomic E-state index is 12.5. The summed E-state index contributed by atoms with van der Waals surface area (Å²) in [5.74, 6) is 0.972. The molecule has 112 valence electrons. The number of aryl methyl sites for hydroxylation is 3. The van der Waals surface area contributed by atoms with Gasteiger partial charge in [0, 0.05) is 24.7 Å². The van der Waals surface area contributed by atoms with Crippen LogP contribution in [0.3, 0.4) is 0 Å². The fourth-order valence-electron chi connectivity index (χ4n) is 2.63. The highest BCUT2D eigenvalue weighted by atomic mass is 32.1. The van der Waals surface area contributed by atoms with E-state index in [9.17, 15) is 4.79 Å². The number of hydrogen-bond donors (Lipinski definition) is 0. The predicted molar refractivity (Wildman–Crippen MR) is 81.6 cm³/mol. The van der Waals surface area contributed by atoms with Crippen LogP contribution in [0.4, 0.5) is 0 Å². The molecule has 1 saturated heterocycles. The quantitative estimate of drug-likeness (QED) is 0.855. The third-order valence-electron chi connectivity index (χ3n) is 3.63. The van der Waals surface area contributed by atoms with E-state index in [1.807, 2.05) is 48.7 Å². The average molecular weight is 305 g/mol. The van der Waals surface area contributed by atoms with Gasteiger partial charge in [0.15, 0.2) is 0 Å². The molecule has 0 spiro atoms. The summed E-state index contributed by atoms with van der Waals surface area (Å²) in [4.78, 5) is 20.9. The molecule has 6 heteroatoms. The molecule has 1 amide bonds. The molecule has 0 saturated carbocycles. The van der Waals surface area contributed by atoms with Gasteiger partial charge in [-0.05, 0) is 26.0 Å². The zero-order valence-corrected chi connectivity index (χ0v) is 13.3. The van der Waals surface area contributed by atoms with Crippen LogP contribution >= 0.6 is 11.3 Å². The van der Waals surface area contributed by atoms with Crippen LogP contribution in [0.2, 0.25) is 0 Å². The Hall–Kier alpha value is -1.66. The topological polar surface area (TPSA) is 47.4 Å². The lowest BCUT2D eigenvalue weighted by atomic mass is 10.2. The minimum atomic E-state index is -0.151. The maximum absolute atomic E-state index is 12.5. The van der Waals surface area contributed by atoms with Crippen LogP contribution in [-0.2, 0) is 11.8 Å². The van der Waals surface area contributed by atoms with Crippen molar-refractivity contribution < 1.29 is 9.53 Å². The largest absolute Gasteiger partial charge is 0.367 e. The summed E-state index contributed by atoms with van der Waals surface area (Å²) in [7, 11) is 1.96. The molecule has 0 radical (unpaired) electrons. The van der Waals surface area contributed by atoms with Crippen LogP contribution in [-0.4, -0.2) is 40.1 Å². The fraction of sp³-hybridized carbons (Fsp3) is 0.467. The molecule has 1 aliphatic heterocycles. The molecule has 0 aromatic carbocycles. The highest BCUT2D eigenvalue weighted by Gasteiger charge is 2.29. The van der Waals surface area contributed by atoms with Crippen molar-refractivity contribution >= 4 is 17.2 Å². The Morgan fingerprint density at radius 3 is 2.86 bits per heavy atom. The number of thiophene rings is 1. The monoisotopic (exact) mass is 305 g/mol. The number of carbonyl (C=O) groups is 1. The summed E-state index contributed by atoms with van der Waals surface area (Å²) in [6.45, 7) is 5.71. The van der Waals surface area contributed by atoms with Crippen molar-refractivity contribution in [1.29, 1.82) is 0 Å². The van der Waals surface area contributed by atoms with E-state index in [0.717, 1.165) is 21.3 Å². The molecule has 21 heavy (non-hydrogen) atoms. The molecule has 2 aromatic rings. The molecule has 2 aromatic heterocycles. The highest BCUT2D eigenvalue weighted by Crippen LogP contribution is 2.24. The molecule has 1 unspecified atom stereocenters. The number of carbonyl (C=O) groups excluding carboxylic acids is 1. The smallest absolute Gasteiger partial charge is 0.264 e. The molecule has 5 nitrogen and oxygen atoms in total. The Balaban J connectivity index is 1.77. The fourth-order valence-corrected chi connectivity index (χ4v) is 3.46. The normalized spacial score (nSPS) is 19.0. The molecule has 0 aliphatic carbocycles. The molecule has 3 rings (SSSR count). The van der Waals surface area contributed by atoms with Crippen LogP contribution in [0.5, 0.6) is 0 Å². The molecule has 0 N–H and O–H groups in total. The summed E-state index contributed by atoms with van der Waals surface area (Å²) < 4.78 is 7.78. The second-order valence-electron chi connectivity index (χ2n) is 5.37. The van der Waals surface area contributed by atoms with Crippen molar-refractivity contribution in [2.75, 3.05) is 19.7 Å². The van der Waals surface area contributed by atoms with E-state index in [0.29, 0.717) is 19.7 Å². The van der Waals surface area contributed by atoms with Crippen molar-refractivity contribution in [3.05, 3.63) is 39.6 Å². The van der Waals surface area contributed by atoms with Crippen LogP contribution in [0.15, 0.2) is 18.3 Å². The molecule has 1 aliphatic rings. The van der Waals surface area contributed by atoms with E-state index in [2.05, 4.69) is 4.98 Å². The summed E-state index contributed by atoms with van der Waals surface area (Å²) in [5.41, 5.74) is 0.966. The number of ether oxygens (including phenoxy) is 1. The molecule has 1 atom stereocenters. The lowest BCUT2D eigenvalue weighted by Gasteiger charge is -2.32. The second-order valence-corrected chi connectivity index (χ2v) is 6.66. The van der Waals surface area contributed by atoms with Crippen molar-refractivity contribution in [3.63, 3.8) is 0 Å². The van der Waals surface area contributed by atoms with Gasteiger partial charge in [0.2, 0.25) is 0 Å². The van der Waals surface area contributed by atoms with Gasteiger partial charge in [0.1, 0.15) is 11.9 Å². The Kier molecular flexibility index (Phi) is 3.82. The zero-order valence-electron chi connectivity index (χ0n) is 12.5. The number of amides is 1. The maximum Gasteiger partial charge on any atom is 0.264 e. The highest BCUT2D eigenvalue weighted by molar-refractivity contribution is 7.13. The molecule has 0 bridgehead atoms. The Morgan fingerprint density at radius 1 is 1.43 bits per heavy atom. The van der Waals surface area contributed by atoms with Gasteiger partial charge < -0.3 is 14.2 Å². The molecular weight excluding hydrogens is 286 g/mol. The molecule has 3 heterocycles. The van der Waals surface area contributed by atoms with E-state index >= 15 is 0 Å². The minimum Gasteiger partial charge on any atom is -0.367 e. The van der Waals surface area contributed by atoms with Gasteiger partial charge in [0.25, 0.3) is 5.91 Å². The lowest BCUT2D eigenvalue weighted by molar-refractivity contribution is -0.0277.